The van der Waals surface area contributed by atoms with Gasteiger partial charge in [0.25, 0.3) is 12.3 Å². The first-order valence-corrected chi connectivity index (χ1v) is 4.47. The fourth-order valence-corrected chi connectivity index (χ4v) is 1.73. The number of carbonyl (C=O) groups excluding carboxylic acids is 1. The van der Waals surface area contributed by atoms with Crippen LogP contribution in [0.2, 0.25) is 0 Å². The third kappa shape index (κ3) is 2.06. The van der Waals surface area contributed by atoms with Gasteiger partial charge >= 0.3 is 0 Å². The van der Waals surface area contributed by atoms with Crippen LogP contribution < -0.4 is 5.73 Å². The van der Waals surface area contributed by atoms with E-state index in [-0.39, 0.29) is 10.2 Å². The van der Waals surface area contributed by atoms with Crippen molar-refractivity contribution in [2.45, 2.75) is 13.3 Å². The van der Waals surface area contributed by atoms with Crippen LogP contribution in [0.1, 0.15) is 28.2 Å². The van der Waals surface area contributed by atoms with Crippen LogP contribution in [0, 0.1) is 6.92 Å². The highest BCUT2D eigenvalue weighted by molar-refractivity contribution is 9.10. The number of pyridine rings is 1. The third-order valence-corrected chi connectivity index (χ3v) is 2.24. The van der Waals surface area contributed by atoms with Crippen LogP contribution in [0.4, 0.5) is 8.78 Å². The first kappa shape index (κ1) is 11.0. The van der Waals surface area contributed by atoms with E-state index >= 15 is 0 Å². The molecule has 14 heavy (non-hydrogen) atoms. The number of alkyl halides is 2. The molecule has 2 N–H and O–H groups in total. The van der Waals surface area contributed by atoms with E-state index in [4.69, 9.17) is 5.73 Å². The maximum atomic E-state index is 12.5. The largest absolute Gasteiger partial charge is 0.364 e. The van der Waals surface area contributed by atoms with E-state index in [0.717, 1.165) is 0 Å². The molecule has 0 saturated carbocycles. The van der Waals surface area contributed by atoms with Crippen molar-refractivity contribution >= 4 is 21.8 Å². The minimum atomic E-state index is -2.78. The average Bonchev–Trinajstić information content (AvgIpc) is 2.01. The molecule has 0 radical (unpaired) electrons. The van der Waals surface area contributed by atoms with Gasteiger partial charge in [-0.25, -0.2) is 13.8 Å². The minimum absolute atomic E-state index is 0.147. The number of nitrogens with two attached hydrogens (primary N) is 1. The highest BCUT2D eigenvalue weighted by atomic mass is 79.9. The molecule has 0 aliphatic rings. The van der Waals surface area contributed by atoms with E-state index in [2.05, 4.69) is 20.9 Å². The lowest BCUT2D eigenvalue weighted by Crippen LogP contribution is -2.17. The van der Waals surface area contributed by atoms with E-state index in [1.807, 2.05) is 0 Å². The second-order valence-corrected chi connectivity index (χ2v) is 3.53. The average molecular weight is 265 g/mol. The van der Waals surface area contributed by atoms with Crippen LogP contribution >= 0.6 is 15.9 Å². The Morgan fingerprint density at radius 2 is 2.21 bits per heavy atom. The van der Waals surface area contributed by atoms with Gasteiger partial charge < -0.3 is 5.73 Å². The van der Waals surface area contributed by atoms with E-state index in [9.17, 15) is 13.6 Å². The predicted octanol–water partition coefficient (Wildman–Crippen LogP) is 2.19. The van der Waals surface area contributed by atoms with Gasteiger partial charge in [0.1, 0.15) is 5.69 Å². The Bertz CT molecular complexity index is 382. The van der Waals surface area contributed by atoms with Gasteiger partial charge in [0.15, 0.2) is 0 Å². The molecule has 0 aromatic carbocycles. The Labute approximate surface area is 87.4 Å². The molecule has 0 saturated heterocycles. The smallest absolute Gasteiger partial charge is 0.267 e. The number of aryl methyl sites for hydroxylation is 1. The van der Waals surface area contributed by atoms with Gasteiger partial charge in [0, 0.05) is 10.2 Å². The lowest BCUT2D eigenvalue weighted by molar-refractivity contribution is 0.0979. The molecule has 0 fully saturated rings. The van der Waals surface area contributed by atoms with Crippen LogP contribution in [0.25, 0.3) is 0 Å². The molecule has 1 aromatic heterocycles. The first-order valence-electron chi connectivity index (χ1n) is 3.68. The fourth-order valence-electron chi connectivity index (χ4n) is 1.04. The zero-order valence-corrected chi connectivity index (χ0v) is 8.81. The van der Waals surface area contributed by atoms with Gasteiger partial charge in [-0.15, -0.1) is 0 Å². The summed E-state index contributed by atoms with van der Waals surface area (Å²) in [5.41, 5.74) is 4.55. The topological polar surface area (TPSA) is 56.0 Å². The summed E-state index contributed by atoms with van der Waals surface area (Å²) in [5, 5.41) is 0. The van der Waals surface area contributed by atoms with Crippen LogP contribution in [-0.2, 0) is 0 Å². The zero-order valence-electron chi connectivity index (χ0n) is 7.22. The summed E-state index contributed by atoms with van der Waals surface area (Å²) in [7, 11) is 0. The van der Waals surface area contributed by atoms with Crippen LogP contribution in [0.3, 0.4) is 0 Å². The van der Waals surface area contributed by atoms with Gasteiger partial charge in [0.2, 0.25) is 0 Å². The summed E-state index contributed by atoms with van der Waals surface area (Å²) >= 11 is 2.94. The number of aromatic nitrogens is 1. The molecule has 0 aliphatic heterocycles. The summed E-state index contributed by atoms with van der Waals surface area (Å²) in [4.78, 5) is 14.5. The van der Waals surface area contributed by atoms with Gasteiger partial charge in [-0.3, -0.25) is 4.79 Å². The van der Waals surface area contributed by atoms with Crippen LogP contribution in [0.5, 0.6) is 0 Å². The molecular formula is C8H7BrF2N2O. The Balaban J connectivity index is 3.44. The molecule has 0 bridgehead atoms. The van der Waals surface area contributed by atoms with Crippen molar-refractivity contribution in [3.63, 3.8) is 0 Å². The second kappa shape index (κ2) is 4.00. The molecule has 1 heterocycles. The van der Waals surface area contributed by atoms with Crippen molar-refractivity contribution in [2.75, 3.05) is 0 Å². The number of primary amides is 1. The summed E-state index contributed by atoms with van der Waals surface area (Å²) in [5.74, 6) is -0.954. The van der Waals surface area contributed by atoms with Gasteiger partial charge in [-0.1, -0.05) is 15.9 Å². The number of halogens is 3. The normalized spacial score (nSPS) is 10.6. The molecule has 1 aromatic rings. The van der Waals surface area contributed by atoms with Crippen molar-refractivity contribution in [2.24, 2.45) is 5.73 Å². The van der Waals surface area contributed by atoms with Crippen molar-refractivity contribution in [3.8, 4) is 0 Å². The van der Waals surface area contributed by atoms with Crippen molar-refractivity contribution < 1.29 is 13.6 Å². The highest BCUT2D eigenvalue weighted by Crippen LogP contribution is 2.29. The summed E-state index contributed by atoms with van der Waals surface area (Å²) in [6.45, 7) is 1.59. The lowest BCUT2D eigenvalue weighted by Gasteiger charge is -2.08. The molecule has 0 aliphatic carbocycles. The Kier molecular flexibility index (Phi) is 3.15. The quantitative estimate of drug-likeness (QED) is 0.891. The Morgan fingerprint density at radius 3 is 2.64 bits per heavy atom. The molecule has 1 amide bonds. The maximum Gasteiger partial charge on any atom is 0.267 e. The molecule has 1 rings (SSSR count). The molecule has 0 unspecified atom stereocenters. The molecular weight excluding hydrogens is 258 g/mol. The molecule has 3 nitrogen and oxygen atoms in total. The summed E-state index contributed by atoms with van der Waals surface area (Å²) < 4.78 is 25.2. The number of hydrogen-bond donors (Lipinski definition) is 1. The van der Waals surface area contributed by atoms with E-state index in [1.54, 1.807) is 6.92 Å². The standard InChI is InChI=1S/C8H7BrF2N2O/c1-3-2-4(9)5(7(10)11)6(13-3)8(12)14/h2,7H,1H3,(H2,12,14). The minimum Gasteiger partial charge on any atom is -0.364 e. The van der Waals surface area contributed by atoms with Gasteiger partial charge in [-0.2, -0.15) is 0 Å². The van der Waals surface area contributed by atoms with Gasteiger partial charge in [0.05, 0.1) is 5.56 Å². The van der Waals surface area contributed by atoms with E-state index in [1.165, 1.54) is 6.07 Å². The number of amides is 1. The lowest BCUT2D eigenvalue weighted by atomic mass is 10.1. The summed E-state index contributed by atoms with van der Waals surface area (Å²) in [6.07, 6.45) is -2.78. The highest BCUT2D eigenvalue weighted by Gasteiger charge is 2.21. The Hall–Kier alpha value is -1.04. The predicted molar refractivity (Wildman–Crippen MR) is 50.1 cm³/mol. The van der Waals surface area contributed by atoms with Crippen molar-refractivity contribution in [3.05, 3.63) is 27.5 Å². The fraction of sp³-hybridized carbons (Fsp3) is 0.250. The van der Waals surface area contributed by atoms with Crippen LogP contribution in [0.15, 0.2) is 10.5 Å². The van der Waals surface area contributed by atoms with Gasteiger partial charge in [-0.05, 0) is 13.0 Å². The van der Waals surface area contributed by atoms with Crippen molar-refractivity contribution in [1.82, 2.24) is 4.98 Å². The number of hydrogen-bond acceptors (Lipinski definition) is 2. The first-order chi connectivity index (χ1) is 6.43. The molecule has 76 valence electrons. The number of carbonyl (C=O) groups is 1. The van der Waals surface area contributed by atoms with Crippen molar-refractivity contribution in [1.29, 1.82) is 0 Å². The molecule has 0 spiro atoms. The molecule has 6 heteroatoms. The van der Waals surface area contributed by atoms with Crippen LogP contribution in [-0.4, -0.2) is 10.9 Å². The zero-order chi connectivity index (χ0) is 10.9. The number of nitrogens with zero attached hydrogens (tertiary/aromatic N) is 1. The van der Waals surface area contributed by atoms with E-state index in [0.29, 0.717) is 5.69 Å². The number of rotatable bonds is 2. The Morgan fingerprint density at radius 1 is 1.64 bits per heavy atom. The SMILES string of the molecule is Cc1cc(Br)c(C(F)F)c(C(N)=O)n1. The maximum absolute atomic E-state index is 12.5. The third-order valence-electron chi connectivity index (χ3n) is 1.59. The monoisotopic (exact) mass is 264 g/mol. The summed E-state index contributed by atoms with van der Waals surface area (Å²) in [6, 6.07) is 1.41. The van der Waals surface area contributed by atoms with E-state index < -0.39 is 17.9 Å². The molecule has 0 atom stereocenters. The second-order valence-electron chi connectivity index (χ2n) is 2.67.